The summed E-state index contributed by atoms with van der Waals surface area (Å²) < 4.78 is 38.7. The van der Waals surface area contributed by atoms with Crippen LogP contribution >= 0.6 is 0 Å². The van der Waals surface area contributed by atoms with Crippen molar-refractivity contribution in [2.45, 2.75) is 51.7 Å². The van der Waals surface area contributed by atoms with Crippen LogP contribution in [-0.2, 0) is 19.6 Å². The fourth-order valence-corrected chi connectivity index (χ4v) is 5.35. The van der Waals surface area contributed by atoms with E-state index >= 15 is 0 Å². The molecule has 1 heterocycles. The van der Waals surface area contributed by atoms with Gasteiger partial charge in [-0.1, -0.05) is 13.8 Å². The van der Waals surface area contributed by atoms with Crippen LogP contribution in [0, 0.1) is 0 Å². The maximum Gasteiger partial charge on any atom is 0.279 e. The van der Waals surface area contributed by atoms with Gasteiger partial charge < -0.3 is 19.7 Å². The molecular formula is C20H34N3O5S+. The van der Waals surface area contributed by atoms with E-state index in [0.29, 0.717) is 37.7 Å². The highest BCUT2D eigenvalue weighted by Crippen LogP contribution is 2.30. The van der Waals surface area contributed by atoms with Gasteiger partial charge in [0.1, 0.15) is 35.9 Å². The number of benzene rings is 1. The van der Waals surface area contributed by atoms with Gasteiger partial charge in [0.2, 0.25) is 10.0 Å². The molecule has 0 bridgehead atoms. The van der Waals surface area contributed by atoms with Crippen LogP contribution in [0.3, 0.4) is 0 Å². The number of hydrogen-bond donors (Lipinski definition) is 2. The summed E-state index contributed by atoms with van der Waals surface area (Å²) in [7, 11) is -3.72. The third kappa shape index (κ3) is 6.15. The number of nitrogens with one attached hydrogen (secondary N) is 2. The number of rotatable bonds is 9. The molecule has 9 heteroatoms. The van der Waals surface area contributed by atoms with Crippen LogP contribution in [0.2, 0.25) is 0 Å². The van der Waals surface area contributed by atoms with Crippen LogP contribution in [0.5, 0.6) is 5.75 Å². The number of sulfonamides is 1. The summed E-state index contributed by atoms with van der Waals surface area (Å²) in [5, 5.41) is 2.84. The first kappa shape index (κ1) is 23.6. The van der Waals surface area contributed by atoms with Crippen LogP contribution in [0.4, 0.5) is 5.69 Å². The highest BCUT2D eigenvalue weighted by Gasteiger charge is 2.28. The molecule has 1 aliphatic rings. The lowest BCUT2D eigenvalue weighted by Gasteiger charge is -2.31. The minimum atomic E-state index is -3.72. The number of quaternary nitrogens is 1. The maximum absolute atomic E-state index is 13.0. The van der Waals surface area contributed by atoms with Crippen LogP contribution in [0.1, 0.15) is 34.6 Å². The number of ether oxygens (including phenoxy) is 2. The van der Waals surface area contributed by atoms with Crippen molar-refractivity contribution in [3.8, 4) is 5.75 Å². The van der Waals surface area contributed by atoms with Crippen molar-refractivity contribution in [2.24, 2.45) is 0 Å². The fraction of sp³-hybridized carbons (Fsp3) is 0.650. The summed E-state index contributed by atoms with van der Waals surface area (Å²) in [4.78, 5) is 13.8. The standard InChI is InChI=1S/C20H33N3O5S/c1-6-23(7-2)29(25,26)19-11-17(9-10-18(19)27-8-3)21-20(24)14-22-12-15(4)28-16(5)13-22/h9-11,15-16H,6-8,12-14H2,1-5H3,(H,21,24)/p+1/t15-,16-/m1/s1. The van der Waals surface area contributed by atoms with E-state index in [1.54, 1.807) is 32.9 Å². The van der Waals surface area contributed by atoms with Crippen LogP contribution < -0.4 is 15.0 Å². The smallest absolute Gasteiger partial charge is 0.279 e. The zero-order valence-corrected chi connectivity index (χ0v) is 18.8. The Morgan fingerprint density at radius 1 is 1.21 bits per heavy atom. The van der Waals surface area contributed by atoms with Gasteiger partial charge in [0.15, 0.2) is 6.54 Å². The topological polar surface area (TPSA) is 89.4 Å². The Bertz CT molecular complexity index is 785. The first-order valence-electron chi connectivity index (χ1n) is 10.3. The third-order valence-corrected chi connectivity index (χ3v) is 6.95. The van der Waals surface area contributed by atoms with Crippen molar-refractivity contribution >= 4 is 21.6 Å². The second kappa shape index (κ2) is 10.4. The number of nitrogens with zero attached hydrogens (tertiary/aromatic N) is 1. The van der Waals surface area contributed by atoms with Gasteiger partial charge in [0, 0.05) is 18.8 Å². The minimum Gasteiger partial charge on any atom is -0.492 e. The SMILES string of the molecule is CCOc1ccc(NC(=O)C[NH+]2C[C@@H](C)O[C@H](C)C2)cc1S(=O)(=O)N(CC)CC. The molecule has 1 aliphatic heterocycles. The molecule has 0 unspecified atom stereocenters. The number of carbonyl (C=O) groups excluding carboxylic acids is 1. The number of carbonyl (C=O) groups is 1. The Morgan fingerprint density at radius 2 is 1.83 bits per heavy atom. The maximum atomic E-state index is 13.0. The molecule has 8 nitrogen and oxygen atoms in total. The number of anilines is 1. The number of hydrogen-bond acceptors (Lipinski definition) is 5. The molecule has 2 rings (SSSR count). The Balaban J connectivity index is 2.20. The molecule has 1 amide bonds. The first-order valence-corrected chi connectivity index (χ1v) is 11.7. The van der Waals surface area contributed by atoms with E-state index < -0.39 is 10.0 Å². The molecule has 0 aliphatic carbocycles. The molecule has 0 saturated carbocycles. The molecule has 1 saturated heterocycles. The molecule has 1 aromatic rings. The van der Waals surface area contributed by atoms with E-state index in [2.05, 4.69) is 5.32 Å². The number of amides is 1. The van der Waals surface area contributed by atoms with Gasteiger partial charge in [0.25, 0.3) is 5.91 Å². The Morgan fingerprint density at radius 3 is 2.38 bits per heavy atom. The third-order valence-electron chi connectivity index (χ3n) is 4.88. The van der Waals surface area contributed by atoms with Gasteiger partial charge in [-0.3, -0.25) is 4.79 Å². The normalized spacial score (nSPS) is 22.5. The van der Waals surface area contributed by atoms with Crippen LogP contribution in [0.25, 0.3) is 0 Å². The summed E-state index contributed by atoms with van der Waals surface area (Å²) in [6.45, 7) is 12.3. The largest absolute Gasteiger partial charge is 0.492 e. The predicted molar refractivity (Wildman–Crippen MR) is 112 cm³/mol. The first-order chi connectivity index (χ1) is 13.7. The predicted octanol–water partition coefficient (Wildman–Crippen LogP) is 0.746. The highest BCUT2D eigenvalue weighted by atomic mass is 32.2. The van der Waals surface area contributed by atoms with E-state index in [1.807, 2.05) is 13.8 Å². The fourth-order valence-electron chi connectivity index (χ4n) is 3.73. The van der Waals surface area contributed by atoms with Gasteiger partial charge in [-0.15, -0.1) is 0 Å². The Hall–Kier alpha value is -1.68. The van der Waals surface area contributed by atoms with Crippen molar-refractivity contribution in [1.29, 1.82) is 0 Å². The van der Waals surface area contributed by atoms with Crippen molar-refractivity contribution in [3.63, 3.8) is 0 Å². The Labute approximate surface area is 174 Å². The molecule has 0 radical (unpaired) electrons. The second-order valence-electron chi connectivity index (χ2n) is 7.32. The van der Waals surface area contributed by atoms with E-state index in [9.17, 15) is 13.2 Å². The van der Waals surface area contributed by atoms with Gasteiger partial charge in [0.05, 0.1) is 6.61 Å². The quantitative estimate of drug-likeness (QED) is 0.606. The highest BCUT2D eigenvalue weighted by molar-refractivity contribution is 7.89. The minimum absolute atomic E-state index is 0.0711. The average molecular weight is 429 g/mol. The Kier molecular flexibility index (Phi) is 8.45. The summed E-state index contributed by atoms with van der Waals surface area (Å²) in [6.07, 6.45) is 0.218. The summed E-state index contributed by atoms with van der Waals surface area (Å²) in [5.74, 6) is 0.135. The average Bonchev–Trinajstić information content (AvgIpc) is 2.63. The molecule has 0 aromatic heterocycles. The lowest BCUT2D eigenvalue weighted by Crippen LogP contribution is -3.16. The van der Waals surface area contributed by atoms with E-state index in [0.717, 1.165) is 18.0 Å². The zero-order chi connectivity index (χ0) is 21.6. The molecular weight excluding hydrogens is 394 g/mol. The second-order valence-corrected chi connectivity index (χ2v) is 9.23. The van der Waals surface area contributed by atoms with Crippen molar-refractivity contribution in [3.05, 3.63) is 18.2 Å². The molecule has 2 N–H and O–H groups in total. The molecule has 1 fully saturated rings. The monoisotopic (exact) mass is 428 g/mol. The van der Waals surface area contributed by atoms with Crippen LogP contribution in [0.15, 0.2) is 23.1 Å². The lowest BCUT2D eigenvalue weighted by atomic mass is 10.2. The van der Waals surface area contributed by atoms with Gasteiger partial charge in [-0.05, 0) is 39.0 Å². The summed E-state index contributed by atoms with van der Waals surface area (Å²) in [6, 6.07) is 4.75. The van der Waals surface area contributed by atoms with E-state index in [4.69, 9.17) is 9.47 Å². The van der Waals surface area contributed by atoms with E-state index in [1.165, 1.54) is 10.4 Å². The molecule has 164 valence electrons. The molecule has 1 aromatic carbocycles. The molecule has 0 spiro atoms. The van der Waals surface area contributed by atoms with Crippen LogP contribution in [-0.4, -0.2) is 70.2 Å². The van der Waals surface area contributed by atoms with Crippen molar-refractivity contribution < 1.29 is 27.6 Å². The van der Waals surface area contributed by atoms with Crippen molar-refractivity contribution in [1.82, 2.24) is 4.31 Å². The molecule has 2 atom stereocenters. The van der Waals surface area contributed by atoms with E-state index in [-0.39, 0.29) is 23.0 Å². The van der Waals surface area contributed by atoms with Gasteiger partial charge >= 0.3 is 0 Å². The van der Waals surface area contributed by atoms with Gasteiger partial charge in [-0.25, -0.2) is 8.42 Å². The molecule has 29 heavy (non-hydrogen) atoms. The van der Waals surface area contributed by atoms with Crippen molar-refractivity contribution in [2.75, 3.05) is 44.6 Å². The number of morpholine rings is 1. The van der Waals surface area contributed by atoms with Gasteiger partial charge in [-0.2, -0.15) is 4.31 Å². The lowest BCUT2D eigenvalue weighted by molar-refractivity contribution is -0.907. The summed E-state index contributed by atoms with van der Waals surface area (Å²) in [5.41, 5.74) is 0.443. The zero-order valence-electron chi connectivity index (χ0n) is 18.0. The summed E-state index contributed by atoms with van der Waals surface area (Å²) >= 11 is 0.